The van der Waals surface area contributed by atoms with Crippen LogP contribution in [-0.4, -0.2) is 12.1 Å². The normalized spacial score (nSPS) is 10.1. The van der Waals surface area contributed by atoms with Crippen LogP contribution < -0.4 is 15.2 Å². The van der Waals surface area contributed by atoms with E-state index >= 15 is 0 Å². The van der Waals surface area contributed by atoms with E-state index in [0.717, 1.165) is 22.6 Å². The molecule has 2 aromatic rings. The third kappa shape index (κ3) is 3.96. The Morgan fingerprint density at radius 3 is 2.45 bits per heavy atom. The lowest BCUT2D eigenvalue weighted by atomic mass is 10.1. The molecule has 0 heterocycles. The molecule has 0 atom stereocenters. The van der Waals surface area contributed by atoms with Crippen molar-refractivity contribution in [2.75, 3.05) is 7.11 Å². The van der Waals surface area contributed by atoms with Gasteiger partial charge in [-0.2, -0.15) is 0 Å². The lowest BCUT2D eigenvalue weighted by Crippen LogP contribution is -2.10. The van der Waals surface area contributed by atoms with Crippen LogP contribution >= 0.6 is 12.2 Å². The van der Waals surface area contributed by atoms with E-state index in [1.54, 1.807) is 7.11 Å². The number of methoxy groups -OCH3 is 1. The zero-order chi connectivity index (χ0) is 14.4. The van der Waals surface area contributed by atoms with E-state index in [1.165, 1.54) is 0 Å². The minimum atomic E-state index is 0.471. The first-order chi connectivity index (χ1) is 9.69. The van der Waals surface area contributed by atoms with Gasteiger partial charge in [-0.1, -0.05) is 42.5 Å². The Balaban J connectivity index is 1.98. The molecule has 0 aliphatic carbocycles. The summed E-state index contributed by atoms with van der Waals surface area (Å²) in [4.78, 5) is 0.493. The first kappa shape index (κ1) is 14.3. The monoisotopic (exact) mass is 287 g/mol. The molecule has 0 bridgehead atoms. The van der Waals surface area contributed by atoms with Crippen LogP contribution in [0.5, 0.6) is 11.5 Å². The lowest BCUT2D eigenvalue weighted by Gasteiger charge is -2.10. The van der Waals surface area contributed by atoms with E-state index in [-0.39, 0.29) is 0 Å². The van der Waals surface area contributed by atoms with Crippen LogP contribution in [0.15, 0.2) is 48.5 Å². The molecule has 0 aliphatic heterocycles. The highest BCUT2D eigenvalue weighted by molar-refractivity contribution is 7.80. The number of hydrogen-bond acceptors (Lipinski definition) is 3. The van der Waals surface area contributed by atoms with Crippen molar-refractivity contribution in [2.24, 2.45) is 5.73 Å². The molecular weight excluding hydrogens is 270 g/mol. The third-order valence-corrected chi connectivity index (χ3v) is 3.03. The lowest BCUT2D eigenvalue weighted by molar-refractivity contribution is 0.296. The van der Waals surface area contributed by atoms with Gasteiger partial charge in [-0.3, -0.25) is 0 Å². The van der Waals surface area contributed by atoms with Gasteiger partial charge in [0.15, 0.2) is 0 Å². The Labute approximate surface area is 124 Å². The van der Waals surface area contributed by atoms with Crippen LogP contribution in [0, 0.1) is 0 Å². The molecule has 0 saturated carbocycles. The Bertz CT molecular complexity index is 581. The average molecular weight is 287 g/mol. The van der Waals surface area contributed by atoms with E-state index in [1.807, 2.05) is 48.5 Å². The molecule has 0 radical (unpaired) electrons. The summed E-state index contributed by atoms with van der Waals surface area (Å²) in [6.07, 6.45) is 0.613. The maximum absolute atomic E-state index is 5.75. The largest absolute Gasteiger partial charge is 0.496 e. The van der Waals surface area contributed by atoms with Gasteiger partial charge in [-0.25, -0.2) is 0 Å². The van der Waals surface area contributed by atoms with Crippen molar-refractivity contribution < 1.29 is 9.47 Å². The van der Waals surface area contributed by atoms with Crippen LogP contribution in [-0.2, 0) is 13.0 Å². The molecule has 2 aromatic carbocycles. The summed E-state index contributed by atoms with van der Waals surface area (Å²) in [6.45, 7) is 0.471. The summed E-state index contributed by atoms with van der Waals surface area (Å²) in [7, 11) is 1.66. The molecule has 0 aromatic heterocycles. The Morgan fingerprint density at radius 1 is 1.10 bits per heavy atom. The van der Waals surface area contributed by atoms with Gasteiger partial charge >= 0.3 is 0 Å². The maximum Gasteiger partial charge on any atom is 0.125 e. The van der Waals surface area contributed by atoms with Gasteiger partial charge in [0.05, 0.1) is 12.1 Å². The molecule has 0 amide bonds. The second-order valence-corrected chi connectivity index (χ2v) is 4.91. The van der Waals surface area contributed by atoms with Crippen molar-refractivity contribution >= 4 is 17.2 Å². The Morgan fingerprint density at radius 2 is 1.80 bits per heavy atom. The predicted molar refractivity (Wildman–Crippen MR) is 84.3 cm³/mol. The third-order valence-electron chi connectivity index (χ3n) is 2.89. The van der Waals surface area contributed by atoms with E-state index in [2.05, 4.69) is 0 Å². The number of para-hydroxylation sites is 1. The molecule has 0 spiro atoms. The molecule has 104 valence electrons. The SMILES string of the molecule is COc1ccccc1COc1ccc(CC(N)=S)cc1. The number of rotatable bonds is 6. The predicted octanol–water partition coefficient (Wildman–Crippen LogP) is 3.10. The highest BCUT2D eigenvalue weighted by Crippen LogP contribution is 2.20. The van der Waals surface area contributed by atoms with Gasteiger partial charge in [0, 0.05) is 12.0 Å². The van der Waals surface area contributed by atoms with Crippen LogP contribution in [0.3, 0.4) is 0 Å². The van der Waals surface area contributed by atoms with Gasteiger partial charge in [0.1, 0.15) is 18.1 Å². The zero-order valence-electron chi connectivity index (χ0n) is 11.3. The number of benzene rings is 2. The van der Waals surface area contributed by atoms with E-state index in [4.69, 9.17) is 27.4 Å². The molecule has 0 unspecified atom stereocenters. The van der Waals surface area contributed by atoms with Gasteiger partial charge < -0.3 is 15.2 Å². The molecular formula is C16H17NO2S. The van der Waals surface area contributed by atoms with Crippen molar-refractivity contribution in [3.63, 3.8) is 0 Å². The first-order valence-electron chi connectivity index (χ1n) is 6.31. The fraction of sp³-hybridized carbons (Fsp3) is 0.188. The fourth-order valence-electron chi connectivity index (χ4n) is 1.89. The van der Waals surface area contributed by atoms with Gasteiger partial charge in [-0.05, 0) is 23.8 Å². The molecule has 0 saturated heterocycles. The summed E-state index contributed by atoms with van der Waals surface area (Å²) < 4.78 is 11.0. The van der Waals surface area contributed by atoms with Crippen LogP contribution in [0.4, 0.5) is 0 Å². The highest BCUT2D eigenvalue weighted by Gasteiger charge is 2.03. The molecule has 0 aliphatic rings. The smallest absolute Gasteiger partial charge is 0.125 e. The Hall–Kier alpha value is -2.07. The van der Waals surface area contributed by atoms with E-state index < -0.39 is 0 Å². The molecule has 3 nitrogen and oxygen atoms in total. The number of nitrogens with two attached hydrogens (primary N) is 1. The number of hydrogen-bond donors (Lipinski definition) is 1. The van der Waals surface area contributed by atoms with Crippen molar-refractivity contribution in [1.82, 2.24) is 0 Å². The van der Waals surface area contributed by atoms with Crippen LogP contribution in [0.25, 0.3) is 0 Å². The molecule has 2 rings (SSSR count). The van der Waals surface area contributed by atoms with Crippen molar-refractivity contribution in [1.29, 1.82) is 0 Å². The van der Waals surface area contributed by atoms with Crippen LogP contribution in [0.2, 0.25) is 0 Å². The summed E-state index contributed by atoms with van der Waals surface area (Å²) in [5.74, 6) is 1.64. The van der Waals surface area contributed by atoms with Crippen LogP contribution in [0.1, 0.15) is 11.1 Å². The fourth-order valence-corrected chi connectivity index (χ4v) is 2.05. The van der Waals surface area contributed by atoms with Gasteiger partial charge in [-0.15, -0.1) is 0 Å². The zero-order valence-corrected chi connectivity index (χ0v) is 12.2. The van der Waals surface area contributed by atoms with E-state index in [9.17, 15) is 0 Å². The summed E-state index contributed by atoms with van der Waals surface area (Å²) in [6, 6.07) is 15.6. The summed E-state index contributed by atoms with van der Waals surface area (Å²) in [5.41, 5.74) is 7.62. The second kappa shape index (κ2) is 6.91. The average Bonchev–Trinajstić information content (AvgIpc) is 2.46. The molecule has 4 heteroatoms. The summed E-state index contributed by atoms with van der Waals surface area (Å²) >= 11 is 4.89. The quantitative estimate of drug-likeness (QED) is 0.829. The number of ether oxygens (including phenoxy) is 2. The summed E-state index contributed by atoms with van der Waals surface area (Å²) in [5, 5.41) is 0. The van der Waals surface area contributed by atoms with Crippen molar-refractivity contribution in [3.8, 4) is 11.5 Å². The molecule has 0 fully saturated rings. The second-order valence-electron chi connectivity index (χ2n) is 4.39. The standard InChI is InChI=1S/C16H17NO2S/c1-18-15-5-3-2-4-13(15)11-19-14-8-6-12(7-9-14)10-16(17)20/h2-9H,10-11H2,1H3,(H2,17,20). The van der Waals surface area contributed by atoms with Gasteiger partial charge in [0.2, 0.25) is 0 Å². The number of thiocarbonyl (C=S) groups is 1. The van der Waals surface area contributed by atoms with Gasteiger partial charge in [0.25, 0.3) is 0 Å². The first-order valence-corrected chi connectivity index (χ1v) is 6.72. The molecule has 20 heavy (non-hydrogen) atoms. The Kier molecular flexibility index (Phi) is 4.96. The minimum absolute atomic E-state index is 0.471. The van der Waals surface area contributed by atoms with Crippen molar-refractivity contribution in [3.05, 3.63) is 59.7 Å². The highest BCUT2D eigenvalue weighted by atomic mass is 32.1. The molecule has 2 N–H and O–H groups in total. The minimum Gasteiger partial charge on any atom is -0.496 e. The maximum atomic E-state index is 5.75. The topological polar surface area (TPSA) is 44.5 Å². The van der Waals surface area contributed by atoms with E-state index in [0.29, 0.717) is 18.0 Å². The van der Waals surface area contributed by atoms with Crippen molar-refractivity contribution in [2.45, 2.75) is 13.0 Å².